The van der Waals surface area contributed by atoms with Crippen molar-refractivity contribution in [2.75, 3.05) is 19.6 Å². The maximum Gasteiger partial charge on any atom is 0.410 e. The first-order valence-electron chi connectivity index (χ1n) is 9.24. The number of hydrogen-bond acceptors (Lipinski definition) is 4. The SMILES string of the molecule is C[C@@H](C[C@@H]1CCCN1C(=O)OC(C)(C)C)NCC(=O)NCC1CC1. The summed E-state index contributed by atoms with van der Waals surface area (Å²) in [7, 11) is 0. The third-order valence-electron chi connectivity index (χ3n) is 4.53. The Bertz CT molecular complexity index is 443. The van der Waals surface area contributed by atoms with Crippen LogP contribution in [0.4, 0.5) is 4.79 Å². The molecule has 1 aliphatic carbocycles. The van der Waals surface area contributed by atoms with Gasteiger partial charge in [-0.2, -0.15) is 0 Å². The second kappa shape index (κ2) is 8.19. The van der Waals surface area contributed by atoms with Gasteiger partial charge in [-0.15, -0.1) is 0 Å². The van der Waals surface area contributed by atoms with Crippen molar-refractivity contribution in [3.05, 3.63) is 0 Å². The van der Waals surface area contributed by atoms with Crippen LogP contribution in [0.25, 0.3) is 0 Å². The first-order chi connectivity index (χ1) is 11.2. The van der Waals surface area contributed by atoms with Crippen molar-refractivity contribution < 1.29 is 14.3 Å². The molecule has 6 heteroatoms. The van der Waals surface area contributed by atoms with Crippen LogP contribution in [-0.4, -0.2) is 54.2 Å². The van der Waals surface area contributed by atoms with Crippen LogP contribution in [0.3, 0.4) is 0 Å². The number of rotatable bonds is 7. The van der Waals surface area contributed by atoms with E-state index in [1.165, 1.54) is 12.8 Å². The highest BCUT2D eigenvalue weighted by atomic mass is 16.6. The Morgan fingerprint density at radius 2 is 1.96 bits per heavy atom. The summed E-state index contributed by atoms with van der Waals surface area (Å²) >= 11 is 0. The van der Waals surface area contributed by atoms with Gasteiger partial charge in [0.05, 0.1) is 6.54 Å². The molecule has 0 radical (unpaired) electrons. The number of amides is 2. The van der Waals surface area contributed by atoms with Crippen LogP contribution >= 0.6 is 0 Å². The highest BCUT2D eigenvalue weighted by Crippen LogP contribution is 2.27. The molecule has 0 aromatic carbocycles. The van der Waals surface area contributed by atoms with E-state index in [0.29, 0.717) is 12.5 Å². The molecule has 1 saturated heterocycles. The van der Waals surface area contributed by atoms with Gasteiger partial charge in [0.2, 0.25) is 5.91 Å². The van der Waals surface area contributed by atoms with Crippen molar-refractivity contribution in [1.29, 1.82) is 0 Å². The lowest BCUT2D eigenvalue weighted by Crippen LogP contribution is -2.44. The van der Waals surface area contributed by atoms with E-state index in [0.717, 1.165) is 32.4 Å². The number of ether oxygens (including phenoxy) is 1. The molecule has 1 heterocycles. The van der Waals surface area contributed by atoms with Gasteiger partial charge in [-0.25, -0.2) is 4.79 Å². The van der Waals surface area contributed by atoms with Crippen LogP contribution in [0.1, 0.15) is 59.8 Å². The smallest absolute Gasteiger partial charge is 0.410 e. The first-order valence-corrected chi connectivity index (χ1v) is 9.24. The van der Waals surface area contributed by atoms with Crippen molar-refractivity contribution in [2.45, 2.75) is 77.5 Å². The maximum absolute atomic E-state index is 12.3. The zero-order valence-corrected chi connectivity index (χ0v) is 15.6. The molecule has 2 amide bonds. The number of carbonyl (C=O) groups excluding carboxylic acids is 2. The second-order valence-corrected chi connectivity index (χ2v) is 8.23. The lowest BCUT2D eigenvalue weighted by atomic mass is 10.1. The molecular weight excluding hydrogens is 306 g/mol. The van der Waals surface area contributed by atoms with Gasteiger partial charge in [0, 0.05) is 25.2 Å². The molecule has 138 valence electrons. The molecule has 6 nitrogen and oxygen atoms in total. The Kier molecular flexibility index (Phi) is 6.49. The summed E-state index contributed by atoms with van der Waals surface area (Å²) in [4.78, 5) is 25.9. The molecule has 2 atom stereocenters. The highest BCUT2D eigenvalue weighted by molar-refractivity contribution is 5.78. The lowest BCUT2D eigenvalue weighted by molar-refractivity contribution is -0.120. The molecule has 2 aliphatic rings. The molecule has 1 aliphatic heterocycles. The minimum Gasteiger partial charge on any atom is -0.444 e. The second-order valence-electron chi connectivity index (χ2n) is 8.23. The highest BCUT2D eigenvalue weighted by Gasteiger charge is 2.32. The van der Waals surface area contributed by atoms with E-state index < -0.39 is 5.60 Å². The van der Waals surface area contributed by atoms with Crippen LogP contribution < -0.4 is 10.6 Å². The van der Waals surface area contributed by atoms with Gasteiger partial charge in [0.15, 0.2) is 0 Å². The van der Waals surface area contributed by atoms with Gasteiger partial charge >= 0.3 is 6.09 Å². The summed E-state index contributed by atoms with van der Waals surface area (Å²) in [5, 5.41) is 6.23. The fraction of sp³-hybridized carbons (Fsp3) is 0.889. The predicted molar refractivity (Wildman–Crippen MR) is 93.8 cm³/mol. The van der Waals surface area contributed by atoms with Crippen molar-refractivity contribution in [3.63, 3.8) is 0 Å². The average molecular weight is 339 g/mol. The monoisotopic (exact) mass is 339 g/mol. The van der Waals surface area contributed by atoms with E-state index in [2.05, 4.69) is 17.6 Å². The lowest BCUT2D eigenvalue weighted by Gasteiger charge is -2.30. The molecule has 1 saturated carbocycles. The molecule has 0 aromatic rings. The minimum absolute atomic E-state index is 0.0594. The normalized spacial score (nSPS) is 22.3. The molecule has 2 N–H and O–H groups in total. The Balaban J connectivity index is 1.70. The van der Waals surface area contributed by atoms with Gasteiger partial charge in [-0.3, -0.25) is 4.79 Å². The van der Waals surface area contributed by atoms with Crippen LogP contribution in [0, 0.1) is 5.92 Å². The Hall–Kier alpha value is -1.30. The Morgan fingerprint density at radius 1 is 1.25 bits per heavy atom. The number of likely N-dealkylation sites (tertiary alicyclic amines) is 1. The van der Waals surface area contributed by atoms with E-state index in [1.807, 2.05) is 25.7 Å². The van der Waals surface area contributed by atoms with Crippen LogP contribution in [0.15, 0.2) is 0 Å². The summed E-state index contributed by atoms with van der Waals surface area (Å²) in [5.74, 6) is 0.761. The number of nitrogens with zero attached hydrogens (tertiary/aromatic N) is 1. The van der Waals surface area contributed by atoms with Gasteiger partial charge in [0.25, 0.3) is 0 Å². The Morgan fingerprint density at radius 3 is 2.58 bits per heavy atom. The van der Waals surface area contributed by atoms with E-state index in [1.54, 1.807) is 0 Å². The predicted octanol–water partition coefficient (Wildman–Crippen LogP) is 2.28. The third kappa shape index (κ3) is 6.67. The van der Waals surface area contributed by atoms with Crippen molar-refractivity contribution in [1.82, 2.24) is 15.5 Å². The minimum atomic E-state index is -0.465. The van der Waals surface area contributed by atoms with Gasteiger partial charge in [-0.1, -0.05) is 0 Å². The zero-order valence-electron chi connectivity index (χ0n) is 15.6. The fourth-order valence-corrected chi connectivity index (χ4v) is 3.04. The van der Waals surface area contributed by atoms with E-state index >= 15 is 0 Å². The topological polar surface area (TPSA) is 70.7 Å². The van der Waals surface area contributed by atoms with Gasteiger partial charge in [0.1, 0.15) is 5.60 Å². The van der Waals surface area contributed by atoms with Crippen molar-refractivity contribution >= 4 is 12.0 Å². The molecule has 2 rings (SSSR count). The summed E-state index contributed by atoms with van der Waals surface area (Å²) in [6, 6.07) is 0.376. The molecule has 0 bridgehead atoms. The number of nitrogens with one attached hydrogen (secondary N) is 2. The average Bonchev–Trinajstić information content (AvgIpc) is 3.19. The molecule has 0 spiro atoms. The van der Waals surface area contributed by atoms with E-state index in [9.17, 15) is 9.59 Å². The van der Waals surface area contributed by atoms with Crippen LogP contribution in [0.2, 0.25) is 0 Å². The summed E-state index contributed by atoms with van der Waals surface area (Å²) in [5.41, 5.74) is -0.465. The molecule has 24 heavy (non-hydrogen) atoms. The third-order valence-corrected chi connectivity index (χ3v) is 4.53. The standard InChI is InChI=1S/C18H33N3O3/c1-13(19-12-16(22)20-11-14-7-8-14)10-15-6-5-9-21(15)17(23)24-18(2,3)4/h13-15,19H,5-12H2,1-4H3,(H,20,22)/t13-,15-/m0/s1. The van der Waals surface area contributed by atoms with E-state index in [-0.39, 0.29) is 24.1 Å². The molecule has 0 unspecified atom stereocenters. The quantitative estimate of drug-likeness (QED) is 0.746. The van der Waals surface area contributed by atoms with Gasteiger partial charge < -0.3 is 20.3 Å². The van der Waals surface area contributed by atoms with Crippen molar-refractivity contribution in [2.24, 2.45) is 5.92 Å². The Labute approximate surface area is 145 Å². The summed E-state index contributed by atoms with van der Waals surface area (Å²) in [6.45, 7) is 9.64. The van der Waals surface area contributed by atoms with Crippen LogP contribution in [-0.2, 0) is 9.53 Å². The molecular formula is C18H33N3O3. The number of hydrogen-bond donors (Lipinski definition) is 2. The van der Waals surface area contributed by atoms with E-state index in [4.69, 9.17) is 4.74 Å². The fourth-order valence-electron chi connectivity index (χ4n) is 3.04. The summed E-state index contributed by atoms with van der Waals surface area (Å²) in [6.07, 6.45) is 5.12. The summed E-state index contributed by atoms with van der Waals surface area (Å²) < 4.78 is 5.49. The zero-order chi connectivity index (χ0) is 17.7. The largest absolute Gasteiger partial charge is 0.444 e. The van der Waals surface area contributed by atoms with Gasteiger partial charge in [-0.05, 0) is 65.7 Å². The van der Waals surface area contributed by atoms with Crippen LogP contribution in [0.5, 0.6) is 0 Å². The first kappa shape index (κ1) is 19.0. The maximum atomic E-state index is 12.3. The van der Waals surface area contributed by atoms with Crippen molar-refractivity contribution in [3.8, 4) is 0 Å². The number of carbonyl (C=O) groups is 2. The molecule has 0 aromatic heterocycles. The molecule has 2 fully saturated rings.